The van der Waals surface area contributed by atoms with Crippen LogP contribution in [0.25, 0.3) is 33.8 Å². The predicted molar refractivity (Wildman–Crippen MR) is 125 cm³/mol. The summed E-state index contributed by atoms with van der Waals surface area (Å²) in [5.74, 6) is 2.17. The van der Waals surface area contributed by atoms with E-state index in [1.807, 2.05) is 36.0 Å². The van der Waals surface area contributed by atoms with Crippen LogP contribution in [0.15, 0.2) is 36.5 Å². The molecule has 0 bridgehead atoms. The van der Waals surface area contributed by atoms with Gasteiger partial charge in [-0.25, -0.2) is 15.0 Å². The van der Waals surface area contributed by atoms with Gasteiger partial charge in [-0.2, -0.15) is 5.10 Å². The first-order chi connectivity index (χ1) is 15.5. The van der Waals surface area contributed by atoms with Crippen molar-refractivity contribution in [1.29, 1.82) is 0 Å². The van der Waals surface area contributed by atoms with E-state index in [-0.39, 0.29) is 0 Å². The lowest BCUT2D eigenvalue weighted by Crippen LogP contribution is -2.30. The van der Waals surface area contributed by atoms with Crippen LogP contribution < -0.4 is 4.90 Å². The van der Waals surface area contributed by atoms with Crippen LogP contribution in [-0.4, -0.2) is 47.5 Å². The quantitative estimate of drug-likeness (QED) is 0.515. The highest BCUT2D eigenvalue weighted by atomic mass is 16.3. The van der Waals surface area contributed by atoms with E-state index >= 15 is 0 Å². The molecule has 1 saturated heterocycles. The maximum Gasteiger partial charge on any atom is 0.166 e. The fraction of sp³-hybridized carbons (Fsp3) is 0.417. The van der Waals surface area contributed by atoms with Crippen LogP contribution >= 0.6 is 0 Å². The number of nitrogens with zero attached hydrogens (tertiary/aromatic N) is 7. The number of hydrogen-bond donors (Lipinski definition) is 1. The number of imidazole rings is 1. The minimum absolute atomic E-state index is 0.634. The van der Waals surface area contributed by atoms with Gasteiger partial charge in [0.2, 0.25) is 0 Å². The number of rotatable bonds is 5. The molecule has 3 aromatic heterocycles. The number of aromatic nitrogens is 6. The Kier molecular flexibility index (Phi) is 5.38. The molecule has 1 unspecified atom stereocenters. The first-order valence-electron chi connectivity index (χ1n) is 11.4. The second-order valence-electron chi connectivity index (χ2n) is 8.44. The molecule has 0 spiro atoms. The van der Waals surface area contributed by atoms with Gasteiger partial charge in [0.15, 0.2) is 22.8 Å². The number of benzene rings is 1. The Morgan fingerprint density at radius 2 is 1.81 bits per heavy atom. The maximum absolute atomic E-state index is 10.3. The Morgan fingerprint density at radius 1 is 1.03 bits per heavy atom. The summed E-state index contributed by atoms with van der Waals surface area (Å²) in [5, 5.41) is 14.9. The van der Waals surface area contributed by atoms with Crippen LogP contribution in [0.1, 0.15) is 45.0 Å². The first kappa shape index (κ1) is 20.6. The average Bonchev–Trinajstić information content (AvgIpc) is 3.42. The molecule has 8 nitrogen and oxygen atoms in total. The molecule has 1 aliphatic heterocycles. The van der Waals surface area contributed by atoms with Gasteiger partial charge in [-0.15, -0.1) is 0 Å². The zero-order chi connectivity index (χ0) is 22.2. The Morgan fingerprint density at radius 3 is 2.50 bits per heavy atom. The molecule has 4 aromatic rings. The topological polar surface area (TPSA) is 84.9 Å². The molecule has 32 heavy (non-hydrogen) atoms. The standard InChI is InChI=1S/C24H29N7O/c1-4-31-22(16(2)32)25-20-23(30-12-6-5-7-13-30)26-21(27-24(20)31)18-10-8-9-17(15-18)19-11-14-29(3)28-19/h8-11,14-16,32H,4-7,12-13H2,1-3H3. The van der Waals surface area contributed by atoms with Crippen molar-refractivity contribution in [2.45, 2.75) is 45.8 Å². The number of aliphatic hydroxyl groups is 1. The van der Waals surface area contributed by atoms with Crippen molar-refractivity contribution >= 4 is 17.0 Å². The number of anilines is 1. The third kappa shape index (κ3) is 3.64. The lowest BCUT2D eigenvalue weighted by Gasteiger charge is -2.28. The van der Waals surface area contributed by atoms with Crippen LogP contribution in [0.3, 0.4) is 0 Å². The zero-order valence-electron chi connectivity index (χ0n) is 18.9. The van der Waals surface area contributed by atoms with Crippen molar-refractivity contribution in [3.8, 4) is 22.6 Å². The largest absolute Gasteiger partial charge is 0.385 e. The summed E-state index contributed by atoms with van der Waals surface area (Å²) in [4.78, 5) is 17.1. The molecule has 0 radical (unpaired) electrons. The summed E-state index contributed by atoms with van der Waals surface area (Å²) in [6.45, 7) is 6.40. The van der Waals surface area contributed by atoms with Gasteiger partial charge in [-0.3, -0.25) is 4.68 Å². The Balaban J connectivity index is 1.70. The van der Waals surface area contributed by atoms with Gasteiger partial charge in [-0.05, 0) is 45.2 Å². The molecule has 166 valence electrons. The summed E-state index contributed by atoms with van der Waals surface area (Å²) >= 11 is 0. The van der Waals surface area contributed by atoms with Crippen molar-refractivity contribution in [2.24, 2.45) is 7.05 Å². The van der Waals surface area contributed by atoms with Gasteiger partial charge < -0.3 is 14.6 Å². The van der Waals surface area contributed by atoms with E-state index < -0.39 is 6.10 Å². The third-order valence-corrected chi connectivity index (χ3v) is 6.08. The molecule has 0 amide bonds. The first-order valence-corrected chi connectivity index (χ1v) is 11.4. The molecule has 1 atom stereocenters. The monoisotopic (exact) mass is 431 g/mol. The van der Waals surface area contributed by atoms with Crippen molar-refractivity contribution in [3.63, 3.8) is 0 Å². The van der Waals surface area contributed by atoms with Gasteiger partial charge in [0.25, 0.3) is 0 Å². The smallest absolute Gasteiger partial charge is 0.166 e. The van der Waals surface area contributed by atoms with E-state index in [1.54, 1.807) is 11.6 Å². The highest BCUT2D eigenvalue weighted by Gasteiger charge is 2.24. The summed E-state index contributed by atoms with van der Waals surface area (Å²) in [7, 11) is 1.92. The van der Waals surface area contributed by atoms with Crippen molar-refractivity contribution in [3.05, 3.63) is 42.4 Å². The summed E-state index contributed by atoms with van der Waals surface area (Å²) in [5.41, 5.74) is 4.43. The van der Waals surface area contributed by atoms with Crippen molar-refractivity contribution in [2.75, 3.05) is 18.0 Å². The van der Waals surface area contributed by atoms with E-state index in [0.717, 1.165) is 59.7 Å². The lowest BCUT2D eigenvalue weighted by molar-refractivity contribution is 0.184. The van der Waals surface area contributed by atoms with Crippen LogP contribution in [0, 0.1) is 0 Å². The predicted octanol–water partition coefficient (Wildman–Crippen LogP) is 3.96. The fourth-order valence-corrected chi connectivity index (χ4v) is 4.48. The highest BCUT2D eigenvalue weighted by molar-refractivity contribution is 5.86. The number of piperidine rings is 1. The van der Waals surface area contributed by atoms with Crippen molar-refractivity contribution < 1.29 is 5.11 Å². The number of aryl methyl sites for hydroxylation is 2. The molecular weight excluding hydrogens is 402 g/mol. The molecule has 4 heterocycles. The molecule has 1 N–H and O–H groups in total. The molecule has 1 aliphatic rings. The zero-order valence-corrected chi connectivity index (χ0v) is 18.9. The molecule has 8 heteroatoms. The van der Waals surface area contributed by atoms with Crippen molar-refractivity contribution in [1.82, 2.24) is 29.3 Å². The van der Waals surface area contributed by atoms with Gasteiger partial charge in [0.1, 0.15) is 11.9 Å². The SMILES string of the molecule is CCn1c(C(C)O)nc2c(N3CCCCC3)nc(-c3cccc(-c4ccn(C)n4)c3)nc21. The molecule has 1 fully saturated rings. The Hall–Kier alpha value is -3.26. The summed E-state index contributed by atoms with van der Waals surface area (Å²) in [6.07, 6.45) is 4.80. The van der Waals surface area contributed by atoms with Crippen LogP contribution in [0.5, 0.6) is 0 Å². The summed E-state index contributed by atoms with van der Waals surface area (Å²) in [6, 6.07) is 10.2. The molecular formula is C24H29N7O. The lowest BCUT2D eigenvalue weighted by atomic mass is 10.1. The van der Waals surface area contributed by atoms with Gasteiger partial charge in [0.05, 0.1) is 5.69 Å². The van der Waals surface area contributed by atoms with E-state index in [0.29, 0.717) is 18.2 Å². The highest BCUT2D eigenvalue weighted by Crippen LogP contribution is 2.32. The fourth-order valence-electron chi connectivity index (χ4n) is 4.48. The van der Waals surface area contributed by atoms with Crippen LogP contribution in [0.2, 0.25) is 0 Å². The van der Waals surface area contributed by atoms with E-state index in [1.165, 1.54) is 6.42 Å². The second kappa shape index (κ2) is 8.35. The molecule has 1 aromatic carbocycles. The van der Waals surface area contributed by atoms with Gasteiger partial charge in [-0.1, -0.05) is 18.2 Å². The number of aliphatic hydroxyl groups excluding tert-OH is 1. The summed E-state index contributed by atoms with van der Waals surface area (Å²) < 4.78 is 3.80. The number of hydrogen-bond acceptors (Lipinski definition) is 6. The minimum Gasteiger partial charge on any atom is -0.385 e. The average molecular weight is 432 g/mol. The Labute approximate surface area is 187 Å². The minimum atomic E-state index is -0.672. The van der Waals surface area contributed by atoms with E-state index in [2.05, 4.69) is 29.1 Å². The normalized spacial score (nSPS) is 15.4. The maximum atomic E-state index is 10.3. The Bertz CT molecular complexity index is 1250. The van der Waals surface area contributed by atoms with E-state index in [9.17, 15) is 5.11 Å². The van der Waals surface area contributed by atoms with E-state index in [4.69, 9.17) is 15.0 Å². The third-order valence-electron chi connectivity index (χ3n) is 6.08. The van der Waals surface area contributed by atoms with Crippen LogP contribution in [0.4, 0.5) is 5.82 Å². The van der Waals surface area contributed by atoms with Gasteiger partial charge >= 0.3 is 0 Å². The second-order valence-corrected chi connectivity index (χ2v) is 8.44. The molecule has 5 rings (SSSR count). The molecule has 0 aliphatic carbocycles. The van der Waals surface area contributed by atoms with Gasteiger partial charge in [0, 0.05) is 44.0 Å². The number of fused-ring (bicyclic) bond motifs is 1. The van der Waals surface area contributed by atoms with Crippen LogP contribution in [-0.2, 0) is 13.6 Å². The molecule has 0 saturated carbocycles.